The van der Waals surface area contributed by atoms with Crippen LogP contribution >= 0.6 is 0 Å². The molecule has 130 valence electrons. The van der Waals surface area contributed by atoms with Gasteiger partial charge in [0.05, 0.1) is 17.6 Å². The summed E-state index contributed by atoms with van der Waals surface area (Å²) in [6.45, 7) is 3.35. The predicted molar refractivity (Wildman–Crippen MR) is 101 cm³/mol. The summed E-state index contributed by atoms with van der Waals surface area (Å²) in [5, 5.41) is 3.42. The number of benzene rings is 2. The van der Waals surface area contributed by atoms with Crippen molar-refractivity contribution in [2.75, 3.05) is 0 Å². The van der Waals surface area contributed by atoms with Gasteiger partial charge in [-0.25, -0.2) is 9.97 Å². The van der Waals surface area contributed by atoms with E-state index in [4.69, 9.17) is 4.42 Å². The number of imidazole rings is 1. The highest BCUT2D eigenvalue weighted by Gasteiger charge is 2.09. The van der Waals surface area contributed by atoms with Gasteiger partial charge in [-0.3, -0.25) is 4.57 Å². The fourth-order valence-electron chi connectivity index (χ4n) is 2.97. The summed E-state index contributed by atoms with van der Waals surface area (Å²) in [5.41, 5.74) is 4.09. The second-order valence-corrected chi connectivity index (χ2v) is 6.08. The third kappa shape index (κ3) is 3.43. The van der Waals surface area contributed by atoms with Crippen LogP contribution in [-0.4, -0.2) is 14.5 Å². The summed E-state index contributed by atoms with van der Waals surface area (Å²) in [7, 11) is 0. The maximum absolute atomic E-state index is 5.58. The molecule has 2 aromatic heterocycles. The second kappa shape index (κ2) is 7.37. The van der Waals surface area contributed by atoms with Crippen LogP contribution in [0.4, 0.5) is 0 Å². The Kier molecular flexibility index (Phi) is 4.62. The summed E-state index contributed by atoms with van der Waals surface area (Å²) < 4.78 is 7.74. The Morgan fingerprint density at radius 2 is 1.69 bits per heavy atom. The van der Waals surface area contributed by atoms with Gasteiger partial charge in [0.15, 0.2) is 0 Å². The normalized spacial score (nSPS) is 11.0. The van der Waals surface area contributed by atoms with Crippen LogP contribution in [0.25, 0.3) is 17.1 Å². The molecule has 0 unspecified atom stereocenters. The molecule has 26 heavy (non-hydrogen) atoms. The van der Waals surface area contributed by atoms with E-state index in [-0.39, 0.29) is 0 Å². The Morgan fingerprint density at radius 3 is 2.46 bits per heavy atom. The lowest BCUT2D eigenvalue weighted by Crippen LogP contribution is -2.16. The van der Waals surface area contributed by atoms with Crippen LogP contribution in [0.1, 0.15) is 17.2 Å². The van der Waals surface area contributed by atoms with Crippen LogP contribution in [0.15, 0.2) is 77.5 Å². The summed E-state index contributed by atoms with van der Waals surface area (Å²) >= 11 is 0. The zero-order chi connectivity index (χ0) is 17.8. The molecule has 4 aromatic rings. The van der Waals surface area contributed by atoms with Crippen LogP contribution in [0, 0.1) is 6.92 Å². The first-order chi connectivity index (χ1) is 12.8. The first-order valence-corrected chi connectivity index (χ1v) is 8.60. The quantitative estimate of drug-likeness (QED) is 0.571. The van der Waals surface area contributed by atoms with Gasteiger partial charge in [-0.15, -0.1) is 0 Å². The van der Waals surface area contributed by atoms with Gasteiger partial charge in [0.2, 0.25) is 5.89 Å². The highest BCUT2D eigenvalue weighted by Crippen LogP contribution is 2.18. The van der Waals surface area contributed by atoms with E-state index >= 15 is 0 Å². The molecule has 0 saturated heterocycles. The first-order valence-electron chi connectivity index (χ1n) is 8.60. The summed E-state index contributed by atoms with van der Waals surface area (Å²) in [6, 6.07) is 20.2. The van der Waals surface area contributed by atoms with Gasteiger partial charge in [-0.1, -0.05) is 36.4 Å². The number of nitrogens with zero attached hydrogens (tertiary/aromatic N) is 3. The Hall–Kier alpha value is -3.18. The lowest BCUT2D eigenvalue weighted by Gasteiger charge is -2.10. The number of hydrogen-bond acceptors (Lipinski definition) is 4. The van der Waals surface area contributed by atoms with Gasteiger partial charge >= 0.3 is 0 Å². The van der Waals surface area contributed by atoms with Crippen molar-refractivity contribution in [3.05, 3.63) is 90.3 Å². The predicted octanol–water partition coefficient (Wildman–Crippen LogP) is 4.13. The molecule has 0 amide bonds. The molecule has 0 spiro atoms. The van der Waals surface area contributed by atoms with Crippen molar-refractivity contribution in [3.8, 4) is 17.1 Å². The van der Waals surface area contributed by atoms with Crippen molar-refractivity contribution in [2.45, 2.75) is 20.0 Å². The number of oxazole rings is 1. The SMILES string of the molecule is Cc1ncc(CNCc2coc(-c3ccccc3)n2)n1-c1ccccc1. The van der Waals surface area contributed by atoms with E-state index in [0.717, 1.165) is 28.5 Å². The third-order valence-electron chi connectivity index (χ3n) is 4.21. The van der Waals surface area contributed by atoms with Gasteiger partial charge in [0.25, 0.3) is 0 Å². The van der Waals surface area contributed by atoms with E-state index in [1.807, 2.05) is 61.7 Å². The van der Waals surface area contributed by atoms with Gasteiger partial charge in [0.1, 0.15) is 12.1 Å². The minimum absolute atomic E-state index is 0.634. The summed E-state index contributed by atoms with van der Waals surface area (Å²) in [5.74, 6) is 1.62. The summed E-state index contributed by atoms with van der Waals surface area (Å²) in [6.07, 6.45) is 3.61. The molecule has 1 N–H and O–H groups in total. The van der Waals surface area contributed by atoms with Crippen LogP contribution in [-0.2, 0) is 13.1 Å². The molecule has 5 nitrogen and oxygen atoms in total. The average Bonchev–Trinajstić information content (AvgIpc) is 3.30. The van der Waals surface area contributed by atoms with Gasteiger partial charge < -0.3 is 9.73 Å². The minimum atomic E-state index is 0.634. The zero-order valence-corrected chi connectivity index (χ0v) is 14.6. The minimum Gasteiger partial charge on any atom is -0.444 e. The molecule has 4 rings (SSSR count). The van der Waals surface area contributed by atoms with Crippen molar-refractivity contribution in [2.24, 2.45) is 0 Å². The molecule has 2 aromatic carbocycles. The maximum atomic E-state index is 5.58. The van der Waals surface area contributed by atoms with Crippen molar-refractivity contribution >= 4 is 0 Å². The Morgan fingerprint density at radius 1 is 0.962 bits per heavy atom. The van der Waals surface area contributed by atoms with Crippen molar-refractivity contribution in [1.29, 1.82) is 0 Å². The van der Waals surface area contributed by atoms with E-state index < -0.39 is 0 Å². The average molecular weight is 344 g/mol. The second-order valence-electron chi connectivity index (χ2n) is 6.08. The van der Waals surface area contributed by atoms with E-state index in [1.54, 1.807) is 6.26 Å². The van der Waals surface area contributed by atoms with E-state index in [2.05, 4.69) is 32.0 Å². The first kappa shape index (κ1) is 16.3. The molecular formula is C21H20N4O. The van der Waals surface area contributed by atoms with Gasteiger partial charge in [0, 0.05) is 24.3 Å². The Balaban J connectivity index is 1.43. The van der Waals surface area contributed by atoms with Crippen molar-refractivity contribution in [3.63, 3.8) is 0 Å². The van der Waals surface area contributed by atoms with Gasteiger partial charge in [-0.05, 0) is 31.2 Å². The molecule has 0 bridgehead atoms. The monoisotopic (exact) mass is 344 g/mol. The molecule has 2 heterocycles. The van der Waals surface area contributed by atoms with Crippen molar-refractivity contribution in [1.82, 2.24) is 19.9 Å². The smallest absolute Gasteiger partial charge is 0.226 e. The Bertz CT molecular complexity index is 974. The number of para-hydroxylation sites is 1. The van der Waals surface area contributed by atoms with Crippen molar-refractivity contribution < 1.29 is 4.42 Å². The molecule has 0 aliphatic carbocycles. The third-order valence-corrected chi connectivity index (χ3v) is 4.21. The van der Waals surface area contributed by atoms with Crippen LogP contribution in [0.3, 0.4) is 0 Å². The van der Waals surface area contributed by atoms with Crippen LogP contribution in [0.5, 0.6) is 0 Å². The molecule has 0 radical (unpaired) electrons. The molecule has 0 aliphatic heterocycles. The molecule has 0 saturated carbocycles. The Labute approximate surface area is 152 Å². The zero-order valence-electron chi connectivity index (χ0n) is 14.6. The standard InChI is InChI=1S/C21H20N4O/c1-16-23-14-20(25(16)19-10-6-3-7-11-19)13-22-12-18-15-26-21(24-18)17-8-4-2-5-9-17/h2-11,14-15,22H,12-13H2,1H3. The van der Waals surface area contributed by atoms with E-state index in [9.17, 15) is 0 Å². The topological polar surface area (TPSA) is 55.9 Å². The summed E-state index contributed by atoms with van der Waals surface area (Å²) in [4.78, 5) is 9.00. The maximum Gasteiger partial charge on any atom is 0.226 e. The van der Waals surface area contributed by atoms with E-state index in [1.165, 1.54) is 0 Å². The number of nitrogens with one attached hydrogen (secondary N) is 1. The molecular weight excluding hydrogens is 324 g/mol. The lowest BCUT2D eigenvalue weighted by molar-refractivity contribution is 0.569. The largest absolute Gasteiger partial charge is 0.444 e. The van der Waals surface area contributed by atoms with Crippen LogP contribution in [0.2, 0.25) is 0 Å². The molecule has 0 aliphatic rings. The molecule has 5 heteroatoms. The fraction of sp³-hybridized carbons (Fsp3) is 0.143. The number of hydrogen-bond donors (Lipinski definition) is 1. The fourth-order valence-corrected chi connectivity index (χ4v) is 2.97. The lowest BCUT2D eigenvalue weighted by atomic mass is 10.2. The highest BCUT2D eigenvalue weighted by molar-refractivity contribution is 5.52. The number of aryl methyl sites for hydroxylation is 1. The van der Waals surface area contributed by atoms with Crippen LogP contribution < -0.4 is 5.32 Å². The van der Waals surface area contributed by atoms with Gasteiger partial charge in [-0.2, -0.15) is 0 Å². The highest BCUT2D eigenvalue weighted by atomic mass is 16.3. The molecule has 0 atom stereocenters. The molecule has 0 fully saturated rings. The van der Waals surface area contributed by atoms with E-state index in [0.29, 0.717) is 19.0 Å². The number of rotatable bonds is 6. The number of aromatic nitrogens is 3.